The molecule has 4 nitrogen and oxygen atoms in total. The quantitative estimate of drug-likeness (QED) is 0.790. The summed E-state index contributed by atoms with van der Waals surface area (Å²) in [5.74, 6) is -0.894. The van der Waals surface area contributed by atoms with Crippen molar-refractivity contribution in [1.29, 1.82) is 0 Å². The summed E-state index contributed by atoms with van der Waals surface area (Å²) in [7, 11) is 3.50. The number of thioether (sulfide) groups is 1. The summed E-state index contributed by atoms with van der Waals surface area (Å²) < 4.78 is 5.00. The van der Waals surface area contributed by atoms with Crippen LogP contribution in [0.1, 0.15) is 10.4 Å². The van der Waals surface area contributed by atoms with Gasteiger partial charge in [-0.2, -0.15) is 0 Å². The number of nitrogens with zero attached hydrogens (tertiary/aromatic N) is 1. The van der Waals surface area contributed by atoms with E-state index < -0.39 is 5.97 Å². The predicted octanol–water partition coefficient (Wildman–Crippen LogP) is 2.19. The van der Waals surface area contributed by atoms with Crippen LogP contribution in [0, 0.1) is 0 Å². The normalized spacial score (nSPS) is 10.3. The molecule has 0 aliphatic heterocycles. The average Bonchev–Trinajstić information content (AvgIpc) is 2.34. The number of hydrogen-bond acceptors (Lipinski definition) is 4. The van der Waals surface area contributed by atoms with Crippen molar-refractivity contribution in [3.8, 4) is 0 Å². The number of hydrogen-bond donors (Lipinski definition) is 1. The van der Waals surface area contributed by atoms with Crippen LogP contribution in [0.5, 0.6) is 0 Å². The number of benzene rings is 1. The maximum atomic E-state index is 11.3. The van der Waals surface area contributed by atoms with Crippen LogP contribution in [0.25, 0.3) is 0 Å². The Morgan fingerprint density at radius 2 is 2.24 bits per heavy atom. The van der Waals surface area contributed by atoms with Crippen molar-refractivity contribution in [3.63, 3.8) is 0 Å². The zero-order valence-electron chi connectivity index (χ0n) is 10.3. The third-order valence-corrected chi connectivity index (χ3v) is 3.26. The van der Waals surface area contributed by atoms with E-state index in [1.54, 1.807) is 7.11 Å². The maximum Gasteiger partial charge on any atom is 0.338 e. The molecular formula is C12H17NO3S. The molecule has 0 aliphatic carbocycles. The minimum atomic E-state index is -0.894. The van der Waals surface area contributed by atoms with Gasteiger partial charge in [-0.25, -0.2) is 4.79 Å². The number of rotatable bonds is 6. The lowest BCUT2D eigenvalue weighted by Crippen LogP contribution is -2.24. The second-order valence-corrected chi connectivity index (χ2v) is 4.42. The lowest BCUT2D eigenvalue weighted by molar-refractivity contribution is 0.0693. The second kappa shape index (κ2) is 6.51. The van der Waals surface area contributed by atoms with Crippen LogP contribution in [0.15, 0.2) is 23.1 Å². The van der Waals surface area contributed by atoms with Crippen molar-refractivity contribution in [2.24, 2.45) is 0 Å². The lowest BCUT2D eigenvalue weighted by Gasteiger charge is -2.21. The largest absolute Gasteiger partial charge is 0.478 e. The molecule has 0 amide bonds. The van der Waals surface area contributed by atoms with Gasteiger partial charge in [0, 0.05) is 25.6 Å². The number of carboxylic acids is 1. The average molecular weight is 255 g/mol. The molecule has 17 heavy (non-hydrogen) atoms. The monoisotopic (exact) mass is 255 g/mol. The number of anilines is 1. The first kappa shape index (κ1) is 13.9. The Hall–Kier alpha value is -1.20. The first-order valence-corrected chi connectivity index (χ1v) is 6.44. The number of methoxy groups -OCH3 is 1. The molecule has 0 atom stereocenters. The molecule has 0 bridgehead atoms. The Labute approximate surface area is 106 Å². The summed E-state index contributed by atoms with van der Waals surface area (Å²) in [5, 5.41) is 9.28. The zero-order chi connectivity index (χ0) is 12.8. The van der Waals surface area contributed by atoms with Crippen LogP contribution in [0.2, 0.25) is 0 Å². The van der Waals surface area contributed by atoms with Crippen molar-refractivity contribution in [2.75, 3.05) is 38.5 Å². The van der Waals surface area contributed by atoms with E-state index >= 15 is 0 Å². The Bertz CT molecular complexity index is 395. The Morgan fingerprint density at radius 3 is 2.76 bits per heavy atom. The Kier molecular flexibility index (Phi) is 5.31. The topological polar surface area (TPSA) is 49.8 Å². The lowest BCUT2D eigenvalue weighted by atomic mass is 10.1. The Morgan fingerprint density at radius 1 is 1.53 bits per heavy atom. The van der Waals surface area contributed by atoms with E-state index in [4.69, 9.17) is 4.74 Å². The van der Waals surface area contributed by atoms with E-state index in [0.717, 1.165) is 10.6 Å². The fraction of sp³-hybridized carbons (Fsp3) is 0.417. The highest BCUT2D eigenvalue weighted by Gasteiger charge is 2.17. The molecule has 0 saturated heterocycles. The van der Waals surface area contributed by atoms with E-state index in [1.807, 2.05) is 36.4 Å². The van der Waals surface area contributed by atoms with Crippen molar-refractivity contribution < 1.29 is 14.6 Å². The molecule has 0 aliphatic rings. The van der Waals surface area contributed by atoms with E-state index in [1.165, 1.54) is 11.8 Å². The standard InChI is InChI=1S/C12H17NO3S/c1-13(7-8-16-2)9-5-4-6-10(17-3)11(9)12(14)15/h4-6H,7-8H2,1-3H3,(H,14,15). The minimum absolute atomic E-state index is 0.360. The first-order valence-electron chi connectivity index (χ1n) is 5.22. The van der Waals surface area contributed by atoms with Gasteiger partial charge < -0.3 is 14.7 Å². The second-order valence-electron chi connectivity index (χ2n) is 3.57. The van der Waals surface area contributed by atoms with Gasteiger partial charge in [0.2, 0.25) is 0 Å². The highest BCUT2D eigenvalue weighted by Crippen LogP contribution is 2.29. The molecule has 0 radical (unpaired) electrons. The van der Waals surface area contributed by atoms with Crippen molar-refractivity contribution >= 4 is 23.4 Å². The van der Waals surface area contributed by atoms with E-state index in [-0.39, 0.29) is 0 Å². The van der Waals surface area contributed by atoms with Crippen LogP contribution >= 0.6 is 11.8 Å². The molecule has 1 rings (SSSR count). The number of likely N-dealkylation sites (N-methyl/N-ethyl adjacent to an activating group) is 1. The van der Waals surface area contributed by atoms with Gasteiger partial charge in [-0.05, 0) is 18.4 Å². The molecule has 0 unspecified atom stereocenters. The summed E-state index contributed by atoms with van der Waals surface area (Å²) in [6.07, 6.45) is 1.88. The summed E-state index contributed by atoms with van der Waals surface area (Å²) in [6.45, 7) is 1.23. The number of carboxylic acid groups (broad SMARTS) is 1. The summed E-state index contributed by atoms with van der Waals surface area (Å²) in [4.78, 5) is 14.0. The van der Waals surface area contributed by atoms with Crippen LogP contribution in [-0.4, -0.2) is 44.6 Å². The summed E-state index contributed by atoms with van der Waals surface area (Å²) >= 11 is 1.44. The molecule has 0 saturated carbocycles. The molecule has 1 aromatic rings. The molecular weight excluding hydrogens is 238 g/mol. The minimum Gasteiger partial charge on any atom is -0.478 e. The van der Waals surface area contributed by atoms with Gasteiger partial charge in [0.25, 0.3) is 0 Å². The number of aromatic carboxylic acids is 1. The maximum absolute atomic E-state index is 11.3. The molecule has 94 valence electrons. The van der Waals surface area contributed by atoms with Gasteiger partial charge in [0.05, 0.1) is 17.9 Å². The first-order chi connectivity index (χ1) is 8.11. The van der Waals surface area contributed by atoms with Crippen molar-refractivity contribution in [3.05, 3.63) is 23.8 Å². The van der Waals surface area contributed by atoms with E-state index in [2.05, 4.69) is 0 Å². The zero-order valence-corrected chi connectivity index (χ0v) is 11.1. The summed E-state index contributed by atoms with van der Waals surface area (Å²) in [5.41, 5.74) is 1.08. The smallest absolute Gasteiger partial charge is 0.338 e. The van der Waals surface area contributed by atoms with Gasteiger partial charge in [0.15, 0.2) is 0 Å². The fourth-order valence-corrected chi connectivity index (χ4v) is 2.18. The van der Waals surface area contributed by atoms with Crippen molar-refractivity contribution in [1.82, 2.24) is 0 Å². The van der Waals surface area contributed by atoms with Crippen LogP contribution in [-0.2, 0) is 4.74 Å². The van der Waals surface area contributed by atoms with Crippen LogP contribution in [0.4, 0.5) is 5.69 Å². The van der Waals surface area contributed by atoms with Crippen LogP contribution < -0.4 is 4.90 Å². The van der Waals surface area contributed by atoms with Gasteiger partial charge in [-0.15, -0.1) is 11.8 Å². The van der Waals surface area contributed by atoms with Gasteiger partial charge in [0.1, 0.15) is 0 Å². The van der Waals surface area contributed by atoms with E-state index in [9.17, 15) is 9.90 Å². The molecule has 5 heteroatoms. The molecule has 0 fully saturated rings. The van der Waals surface area contributed by atoms with Crippen LogP contribution in [0.3, 0.4) is 0 Å². The third kappa shape index (κ3) is 3.38. The van der Waals surface area contributed by atoms with Gasteiger partial charge >= 0.3 is 5.97 Å². The molecule has 0 spiro atoms. The van der Waals surface area contributed by atoms with E-state index in [0.29, 0.717) is 18.7 Å². The number of ether oxygens (including phenoxy) is 1. The third-order valence-electron chi connectivity index (χ3n) is 2.48. The fourth-order valence-electron chi connectivity index (χ4n) is 1.57. The SMILES string of the molecule is COCCN(C)c1cccc(SC)c1C(=O)O. The molecule has 1 N–H and O–H groups in total. The summed E-state index contributed by atoms with van der Waals surface area (Å²) in [6, 6.07) is 5.51. The highest BCUT2D eigenvalue weighted by atomic mass is 32.2. The van der Waals surface area contributed by atoms with Crippen molar-refractivity contribution in [2.45, 2.75) is 4.90 Å². The number of carbonyl (C=O) groups is 1. The van der Waals surface area contributed by atoms with Gasteiger partial charge in [-0.3, -0.25) is 0 Å². The highest BCUT2D eigenvalue weighted by molar-refractivity contribution is 7.98. The predicted molar refractivity (Wildman–Crippen MR) is 70.3 cm³/mol. The van der Waals surface area contributed by atoms with Gasteiger partial charge in [-0.1, -0.05) is 6.07 Å². The molecule has 0 aromatic heterocycles. The molecule has 0 heterocycles. The Balaban J connectivity index is 3.09. The molecule has 1 aromatic carbocycles.